The van der Waals surface area contributed by atoms with Crippen LogP contribution in [-0.4, -0.2) is 31.4 Å². The number of halogens is 1. The van der Waals surface area contributed by atoms with E-state index in [1.54, 1.807) is 24.7 Å². The Labute approximate surface area is 159 Å². The number of nitrogens with zero attached hydrogens (tertiary/aromatic N) is 4. The van der Waals surface area contributed by atoms with E-state index in [-0.39, 0.29) is 11.7 Å². The first-order chi connectivity index (χ1) is 13.1. The molecule has 27 heavy (non-hydrogen) atoms. The van der Waals surface area contributed by atoms with Gasteiger partial charge in [-0.05, 0) is 37.6 Å². The number of carbonyl (C=O) groups is 1. The van der Waals surface area contributed by atoms with Crippen LogP contribution in [0.1, 0.15) is 21.8 Å². The van der Waals surface area contributed by atoms with Crippen molar-refractivity contribution in [3.05, 3.63) is 65.6 Å². The lowest BCUT2D eigenvalue weighted by molar-refractivity contribution is 0.0956. The number of fused-ring (bicyclic) bond motifs is 1. The fourth-order valence-corrected chi connectivity index (χ4v) is 3.91. The van der Waals surface area contributed by atoms with Crippen molar-refractivity contribution in [2.24, 2.45) is 0 Å². The molecule has 4 rings (SSSR count). The van der Waals surface area contributed by atoms with Crippen LogP contribution in [0.2, 0.25) is 0 Å². The second kappa shape index (κ2) is 7.32. The second-order valence-corrected chi connectivity index (χ2v) is 7.19. The molecule has 0 spiro atoms. The molecule has 0 aliphatic carbocycles. The lowest BCUT2D eigenvalue weighted by Crippen LogP contribution is -2.25. The summed E-state index contributed by atoms with van der Waals surface area (Å²) in [5, 5.41) is 2.96. The molecule has 0 aliphatic heterocycles. The molecular formula is C19H18FN5OS. The SMILES string of the molecule is Cc1c(C(=O)NCCCn2ccnc2)sc2nc(-c3ccc(F)cc3)cn12. The van der Waals surface area contributed by atoms with Crippen LogP contribution in [0.3, 0.4) is 0 Å². The summed E-state index contributed by atoms with van der Waals surface area (Å²) in [5.74, 6) is -0.361. The van der Waals surface area contributed by atoms with Gasteiger partial charge in [0.2, 0.25) is 0 Å². The van der Waals surface area contributed by atoms with Gasteiger partial charge in [-0.1, -0.05) is 11.3 Å². The average Bonchev–Trinajstić information content (AvgIpc) is 3.38. The highest BCUT2D eigenvalue weighted by Crippen LogP contribution is 2.27. The molecule has 3 aromatic heterocycles. The third-order valence-corrected chi connectivity index (χ3v) is 5.50. The molecule has 0 saturated heterocycles. The first-order valence-corrected chi connectivity index (χ1v) is 9.42. The molecular weight excluding hydrogens is 365 g/mol. The van der Waals surface area contributed by atoms with Crippen molar-refractivity contribution in [3.63, 3.8) is 0 Å². The molecule has 0 aliphatic rings. The summed E-state index contributed by atoms with van der Waals surface area (Å²) in [5.41, 5.74) is 2.46. The number of thiazole rings is 1. The van der Waals surface area contributed by atoms with E-state index in [0.29, 0.717) is 11.4 Å². The third kappa shape index (κ3) is 3.61. The van der Waals surface area contributed by atoms with E-state index in [9.17, 15) is 9.18 Å². The molecule has 1 amide bonds. The van der Waals surface area contributed by atoms with Crippen molar-refractivity contribution in [3.8, 4) is 11.3 Å². The zero-order valence-electron chi connectivity index (χ0n) is 14.7. The van der Waals surface area contributed by atoms with Crippen LogP contribution < -0.4 is 5.32 Å². The van der Waals surface area contributed by atoms with Gasteiger partial charge >= 0.3 is 0 Å². The summed E-state index contributed by atoms with van der Waals surface area (Å²) < 4.78 is 17.0. The van der Waals surface area contributed by atoms with Crippen LogP contribution in [0.25, 0.3) is 16.2 Å². The number of hydrogen-bond donors (Lipinski definition) is 1. The van der Waals surface area contributed by atoms with E-state index in [1.807, 2.05) is 28.3 Å². The predicted molar refractivity (Wildman–Crippen MR) is 102 cm³/mol. The maximum atomic E-state index is 13.1. The smallest absolute Gasteiger partial charge is 0.263 e. The first kappa shape index (κ1) is 17.4. The Balaban J connectivity index is 1.44. The highest BCUT2D eigenvalue weighted by atomic mass is 32.1. The Bertz CT molecular complexity index is 1070. The maximum absolute atomic E-state index is 13.1. The Morgan fingerprint density at radius 3 is 2.81 bits per heavy atom. The monoisotopic (exact) mass is 383 g/mol. The molecule has 1 N–H and O–H groups in total. The summed E-state index contributed by atoms with van der Waals surface area (Å²) >= 11 is 1.36. The molecule has 0 radical (unpaired) electrons. The zero-order chi connectivity index (χ0) is 18.8. The van der Waals surface area contributed by atoms with E-state index in [2.05, 4.69) is 15.3 Å². The lowest BCUT2D eigenvalue weighted by atomic mass is 10.2. The maximum Gasteiger partial charge on any atom is 0.263 e. The van der Waals surface area contributed by atoms with E-state index >= 15 is 0 Å². The van der Waals surface area contributed by atoms with Gasteiger partial charge in [0, 0.05) is 42.9 Å². The third-order valence-electron chi connectivity index (χ3n) is 4.34. The first-order valence-electron chi connectivity index (χ1n) is 8.60. The molecule has 4 aromatic rings. The van der Waals surface area contributed by atoms with Crippen LogP contribution in [0, 0.1) is 12.7 Å². The quantitative estimate of drug-likeness (QED) is 0.518. The number of imidazole rings is 2. The summed E-state index contributed by atoms with van der Waals surface area (Å²) in [6.07, 6.45) is 8.12. The van der Waals surface area contributed by atoms with Crippen LogP contribution in [-0.2, 0) is 6.54 Å². The number of carbonyl (C=O) groups excluding carboxylic acids is 1. The van der Waals surface area contributed by atoms with Crippen molar-refractivity contribution >= 4 is 22.2 Å². The van der Waals surface area contributed by atoms with E-state index in [0.717, 1.165) is 34.9 Å². The van der Waals surface area contributed by atoms with E-state index < -0.39 is 0 Å². The van der Waals surface area contributed by atoms with Gasteiger partial charge in [-0.3, -0.25) is 9.20 Å². The Morgan fingerprint density at radius 2 is 2.11 bits per heavy atom. The number of aryl methyl sites for hydroxylation is 2. The molecule has 0 atom stereocenters. The predicted octanol–water partition coefficient (Wildman–Crippen LogP) is 3.53. The highest BCUT2D eigenvalue weighted by Gasteiger charge is 2.17. The number of aromatic nitrogens is 4. The fraction of sp³-hybridized carbons (Fsp3) is 0.211. The molecule has 1 aromatic carbocycles. The zero-order valence-corrected chi connectivity index (χ0v) is 15.5. The molecule has 6 nitrogen and oxygen atoms in total. The summed E-state index contributed by atoms with van der Waals surface area (Å²) in [4.78, 5) is 22.5. The Hall–Kier alpha value is -3.00. The van der Waals surface area contributed by atoms with Gasteiger partial charge in [-0.15, -0.1) is 0 Å². The second-order valence-electron chi connectivity index (χ2n) is 6.21. The summed E-state index contributed by atoms with van der Waals surface area (Å²) in [6.45, 7) is 3.31. The summed E-state index contributed by atoms with van der Waals surface area (Å²) in [6, 6.07) is 6.23. The lowest BCUT2D eigenvalue weighted by Gasteiger charge is -2.05. The normalized spacial score (nSPS) is 11.2. The van der Waals surface area contributed by atoms with Crippen molar-refractivity contribution in [1.82, 2.24) is 24.3 Å². The van der Waals surface area contributed by atoms with Gasteiger partial charge < -0.3 is 9.88 Å². The van der Waals surface area contributed by atoms with Gasteiger partial charge in [-0.25, -0.2) is 14.4 Å². The van der Waals surface area contributed by atoms with Crippen LogP contribution in [0.15, 0.2) is 49.2 Å². The molecule has 8 heteroatoms. The standard InChI is InChI=1S/C19H18FN5OS/c1-13-17(18(26)22-7-2-9-24-10-8-21-12-24)27-19-23-16(11-25(13)19)14-3-5-15(20)6-4-14/h3-6,8,10-12H,2,7,9H2,1H3,(H,22,26). The topological polar surface area (TPSA) is 64.2 Å². The number of benzene rings is 1. The fourth-order valence-electron chi connectivity index (χ4n) is 2.88. The highest BCUT2D eigenvalue weighted by molar-refractivity contribution is 7.19. The number of amides is 1. The minimum Gasteiger partial charge on any atom is -0.351 e. The molecule has 0 fully saturated rings. The van der Waals surface area contributed by atoms with Crippen LogP contribution in [0.4, 0.5) is 4.39 Å². The van der Waals surface area contributed by atoms with Crippen molar-refractivity contribution in [1.29, 1.82) is 0 Å². The largest absolute Gasteiger partial charge is 0.351 e. The van der Waals surface area contributed by atoms with E-state index in [4.69, 9.17) is 0 Å². The summed E-state index contributed by atoms with van der Waals surface area (Å²) in [7, 11) is 0. The molecule has 0 saturated carbocycles. The van der Waals surface area contributed by atoms with Gasteiger partial charge in [0.25, 0.3) is 5.91 Å². The number of nitrogens with one attached hydrogen (secondary N) is 1. The Morgan fingerprint density at radius 1 is 1.30 bits per heavy atom. The van der Waals surface area contributed by atoms with Gasteiger partial charge in [0.15, 0.2) is 4.96 Å². The van der Waals surface area contributed by atoms with Gasteiger partial charge in [0.1, 0.15) is 10.7 Å². The molecule has 3 heterocycles. The van der Waals surface area contributed by atoms with Gasteiger partial charge in [0.05, 0.1) is 12.0 Å². The van der Waals surface area contributed by atoms with E-state index in [1.165, 1.54) is 23.5 Å². The van der Waals surface area contributed by atoms with Crippen molar-refractivity contribution in [2.75, 3.05) is 6.54 Å². The van der Waals surface area contributed by atoms with Crippen molar-refractivity contribution < 1.29 is 9.18 Å². The molecule has 0 bridgehead atoms. The number of rotatable bonds is 6. The van der Waals surface area contributed by atoms with Gasteiger partial charge in [-0.2, -0.15) is 0 Å². The van der Waals surface area contributed by atoms with Crippen molar-refractivity contribution in [2.45, 2.75) is 19.9 Å². The number of hydrogen-bond acceptors (Lipinski definition) is 4. The average molecular weight is 383 g/mol. The minimum absolute atomic E-state index is 0.0861. The van der Waals surface area contributed by atoms with Crippen LogP contribution in [0.5, 0.6) is 0 Å². The molecule has 138 valence electrons. The molecule has 0 unspecified atom stereocenters. The minimum atomic E-state index is -0.275. The van der Waals surface area contributed by atoms with Crippen LogP contribution >= 0.6 is 11.3 Å². The Kier molecular flexibility index (Phi) is 4.72.